The summed E-state index contributed by atoms with van der Waals surface area (Å²) < 4.78 is 11.4. The quantitative estimate of drug-likeness (QED) is 0.779. The van der Waals surface area contributed by atoms with Crippen LogP contribution in [0, 0.1) is 0 Å². The molecule has 4 rings (SSSR count). The van der Waals surface area contributed by atoms with Crippen molar-refractivity contribution in [2.24, 2.45) is 0 Å². The summed E-state index contributed by atoms with van der Waals surface area (Å²) in [6.07, 6.45) is 2.76. The highest BCUT2D eigenvalue weighted by atomic mass is 32.1. The van der Waals surface area contributed by atoms with Crippen molar-refractivity contribution in [2.75, 3.05) is 39.4 Å². The van der Waals surface area contributed by atoms with Gasteiger partial charge in [-0.05, 0) is 47.1 Å². The van der Waals surface area contributed by atoms with E-state index in [1.54, 1.807) is 0 Å². The Hall–Kier alpha value is -0.760. The Bertz CT molecular complexity index is 600. The van der Waals surface area contributed by atoms with E-state index in [9.17, 15) is 0 Å². The molecule has 144 valence electrons. The van der Waals surface area contributed by atoms with Gasteiger partial charge in [0.15, 0.2) is 0 Å². The van der Waals surface area contributed by atoms with Crippen molar-refractivity contribution >= 4 is 22.7 Å². The highest BCUT2D eigenvalue weighted by Crippen LogP contribution is 2.31. The van der Waals surface area contributed by atoms with Crippen LogP contribution < -0.4 is 10.6 Å². The largest absolute Gasteiger partial charge is 0.372 e. The molecule has 2 aliphatic heterocycles. The first-order valence-electron chi connectivity index (χ1n) is 9.60. The lowest BCUT2D eigenvalue weighted by molar-refractivity contribution is 0.0441. The number of rotatable bonds is 6. The second-order valence-corrected chi connectivity index (χ2v) is 8.43. The molecule has 0 bridgehead atoms. The second-order valence-electron chi connectivity index (χ2n) is 6.43. The molecule has 2 aliphatic rings. The van der Waals surface area contributed by atoms with Gasteiger partial charge in [-0.1, -0.05) is 13.8 Å². The van der Waals surface area contributed by atoms with Gasteiger partial charge in [0, 0.05) is 35.7 Å². The number of ether oxygens (including phenoxy) is 2. The van der Waals surface area contributed by atoms with Crippen LogP contribution in [0.5, 0.6) is 0 Å². The van der Waals surface area contributed by atoms with E-state index >= 15 is 0 Å². The van der Waals surface area contributed by atoms with Gasteiger partial charge < -0.3 is 20.1 Å². The minimum absolute atomic E-state index is 0.287. The first-order valence-corrected chi connectivity index (χ1v) is 11.4. The van der Waals surface area contributed by atoms with E-state index in [1.165, 1.54) is 20.9 Å². The predicted octanol–water partition coefficient (Wildman–Crippen LogP) is 3.94. The van der Waals surface area contributed by atoms with Gasteiger partial charge in [0.1, 0.15) is 0 Å². The SMILES string of the molecule is CCNC[C@@H]1OCCc2sccc21.CCNC[C@H]1OCCc2sccc21. The van der Waals surface area contributed by atoms with Gasteiger partial charge in [0.2, 0.25) is 0 Å². The van der Waals surface area contributed by atoms with Gasteiger partial charge in [-0.3, -0.25) is 0 Å². The number of fused-ring (bicyclic) bond motifs is 2. The summed E-state index contributed by atoms with van der Waals surface area (Å²) in [4.78, 5) is 3.02. The van der Waals surface area contributed by atoms with Crippen LogP contribution in [0.2, 0.25) is 0 Å². The zero-order chi connectivity index (χ0) is 18.2. The monoisotopic (exact) mass is 394 g/mol. The van der Waals surface area contributed by atoms with E-state index in [4.69, 9.17) is 9.47 Å². The van der Waals surface area contributed by atoms with Gasteiger partial charge in [0.05, 0.1) is 25.4 Å². The van der Waals surface area contributed by atoms with Crippen LogP contribution in [0.4, 0.5) is 0 Å². The molecule has 2 aromatic heterocycles. The predicted molar refractivity (Wildman–Crippen MR) is 111 cm³/mol. The third kappa shape index (κ3) is 5.15. The highest BCUT2D eigenvalue weighted by molar-refractivity contribution is 7.10. The average Bonchev–Trinajstić information content (AvgIpc) is 3.34. The van der Waals surface area contributed by atoms with Crippen LogP contribution in [0.25, 0.3) is 0 Å². The van der Waals surface area contributed by atoms with Gasteiger partial charge in [-0.2, -0.15) is 0 Å². The van der Waals surface area contributed by atoms with Crippen LogP contribution in [0.3, 0.4) is 0 Å². The molecule has 0 unspecified atom stereocenters. The molecule has 0 amide bonds. The fraction of sp³-hybridized carbons (Fsp3) is 0.600. The minimum atomic E-state index is 0.287. The summed E-state index contributed by atoms with van der Waals surface area (Å²) in [5.41, 5.74) is 2.80. The maximum atomic E-state index is 5.71. The number of hydrogen-bond donors (Lipinski definition) is 2. The molecule has 0 fully saturated rings. The Kier molecular flexibility index (Phi) is 8.10. The van der Waals surface area contributed by atoms with E-state index in [2.05, 4.69) is 47.4 Å². The van der Waals surface area contributed by atoms with Gasteiger partial charge in [-0.25, -0.2) is 0 Å². The summed E-state index contributed by atoms with van der Waals surface area (Å²) in [5.74, 6) is 0. The van der Waals surface area contributed by atoms with Crippen LogP contribution in [0.1, 0.15) is 46.9 Å². The number of likely N-dealkylation sites (N-methyl/N-ethyl adjacent to an activating group) is 2. The van der Waals surface area contributed by atoms with Gasteiger partial charge in [0.25, 0.3) is 0 Å². The van der Waals surface area contributed by atoms with Crippen molar-refractivity contribution in [1.82, 2.24) is 10.6 Å². The minimum Gasteiger partial charge on any atom is -0.372 e. The normalized spacial score (nSPS) is 21.5. The van der Waals surface area contributed by atoms with Gasteiger partial charge in [-0.15, -0.1) is 22.7 Å². The molecule has 0 aromatic carbocycles. The maximum Gasteiger partial charge on any atom is 0.0960 e. The molecule has 6 heteroatoms. The van der Waals surface area contributed by atoms with E-state index in [0.29, 0.717) is 0 Å². The number of thiophene rings is 2. The molecule has 4 nitrogen and oxygen atoms in total. The van der Waals surface area contributed by atoms with Crippen molar-refractivity contribution in [3.8, 4) is 0 Å². The summed E-state index contributed by atoms with van der Waals surface area (Å²) >= 11 is 3.71. The average molecular weight is 395 g/mol. The van der Waals surface area contributed by atoms with Crippen molar-refractivity contribution in [3.05, 3.63) is 43.8 Å². The highest BCUT2D eigenvalue weighted by Gasteiger charge is 2.21. The molecular weight excluding hydrogens is 364 g/mol. The second kappa shape index (κ2) is 10.5. The lowest BCUT2D eigenvalue weighted by Gasteiger charge is -2.23. The van der Waals surface area contributed by atoms with Crippen molar-refractivity contribution in [2.45, 2.75) is 38.9 Å². The number of hydrogen-bond acceptors (Lipinski definition) is 6. The third-order valence-corrected chi connectivity index (χ3v) is 6.70. The summed E-state index contributed by atoms with van der Waals surface area (Å²) in [7, 11) is 0. The Labute approximate surface area is 164 Å². The number of nitrogens with one attached hydrogen (secondary N) is 2. The molecule has 2 N–H and O–H groups in total. The molecule has 0 spiro atoms. The molecular formula is C20H30N2O2S2. The van der Waals surface area contributed by atoms with Crippen molar-refractivity contribution in [3.63, 3.8) is 0 Å². The molecule has 0 radical (unpaired) electrons. The third-order valence-electron chi connectivity index (χ3n) is 4.71. The van der Waals surface area contributed by atoms with Crippen LogP contribution >= 0.6 is 22.7 Å². The lowest BCUT2D eigenvalue weighted by Crippen LogP contribution is -2.26. The fourth-order valence-electron chi connectivity index (χ4n) is 3.34. The summed E-state index contributed by atoms with van der Waals surface area (Å²) in [6.45, 7) is 9.92. The zero-order valence-corrected chi connectivity index (χ0v) is 17.4. The van der Waals surface area contributed by atoms with Gasteiger partial charge >= 0.3 is 0 Å². The Morgan fingerprint density at radius 3 is 1.73 bits per heavy atom. The molecule has 26 heavy (non-hydrogen) atoms. The Balaban J connectivity index is 0.000000151. The Morgan fingerprint density at radius 2 is 1.31 bits per heavy atom. The molecule has 2 aromatic rings. The first kappa shape index (κ1) is 20.0. The topological polar surface area (TPSA) is 42.5 Å². The zero-order valence-electron chi connectivity index (χ0n) is 15.8. The maximum absolute atomic E-state index is 5.71. The molecule has 0 saturated heterocycles. The van der Waals surface area contributed by atoms with E-state index in [1.807, 2.05) is 22.7 Å². The van der Waals surface area contributed by atoms with E-state index < -0.39 is 0 Å². The fourth-order valence-corrected chi connectivity index (χ4v) is 5.17. The molecule has 4 heterocycles. The first-order chi connectivity index (χ1) is 12.8. The van der Waals surface area contributed by atoms with Crippen LogP contribution in [0.15, 0.2) is 22.9 Å². The van der Waals surface area contributed by atoms with Crippen LogP contribution in [-0.4, -0.2) is 39.4 Å². The molecule has 0 aliphatic carbocycles. The summed E-state index contributed by atoms with van der Waals surface area (Å²) in [6, 6.07) is 4.39. The van der Waals surface area contributed by atoms with Crippen LogP contribution in [-0.2, 0) is 22.3 Å². The molecule has 2 atom stereocenters. The summed E-state index contributed by atoms with van der Waals surface area (Å²) in [5, 5.41) is 11.0. The molecule has 0 saturated carbocycles. The van der Waals surface area contributed by atoms with E-state index in [0.717, 1.165) is 52.2 Å². The van der Waals surface area contributed by atoms with E-state index in [-0.39, 0.29) is 12.2 Å². The smallest absolute Gasteiger partial charge is 0.0960 e. The van der Waals surface area contributed by atoms with Crippen molar-refractivity contribution < 1.29 is 9.47 Å². The lowest BCUT2D eigenvalue weighted by atomic mass is 10.1. The Morgan fingerprint density at radius 1 is 0.846 bits per heavy atom. The van der Waals surface area contributed by atoms with Crippen molar-refractivity contribution in [1.29, 1.82) is 0 Å². The standard InChI is InChI=1S/2C10H15NOS/c2*1-2-11-7-9-8-4-6-13-10(8)3-5-12-9/h2*4,6,9,11H,2-3,5,7H2,1H3/t2*9-/m10/s1.